The van der Waals surface area contributed by atoms with Crippen LogP contribution in [-0.2, 0) is 12.8 Å². The number of aryl methyl sites for hydroxylation is 2. The van der Waals surface area contributed by atoms with Gasteiger partial charge >= 0.3 is 0 Å². The van der Waals surface area contributed by atoms with Crippen molar-refractivity contribution in [3.05, 3.63) is 47.5 Å². The van der Waals surface area contributed by atoms with Crippen LogP contribution in [0.2, 0.25) is 0 Å². The summed E-state index contributed by atoms with van der Waals surface area (Å²) in [4.78, 5) is 0. The third-order valence-corrected chi connectivity index (χ3v) is 4.94. The van der Waals surface area contributed by atoms with Crippen LogP contribution in [0.25, 0.3) is 0 Å². The lowest BCUT2D eigenvalue weighted by atomic mass is 10.0. The number of unbranched alkanes of at least 4 members (excludes halogenated alkanes) is 1. The minimum Gasteiger partial charge on any atom is -0.497 e. The Morgan fingerprint density at radius 1 is 0.714 bits per heavy atom. The molecule has 0 saturated heterocycles. The van der Waals surface area contributed by atoms with Gasteiger partial charge in [0.15, 0.2) is 11.5 Å². The molecule has 0 aromatic heterocycles. The van der Waals surface area contributed by atoms with E-state index in [1.807, 2.05) is 24.3 Å². The van der Waals surface area contributed by atoms with Gasteiger partial charge in [-0.3, -0.25) is 0 Å². The van der Waals surface area contributed by atoms with Crippen molar-refractivity contribution in [1.82, 2.24) is 0 Å². The average molecular weight is 389 g/mol. The first-order valence-corrected chi connectivity index (χ1v) is 9.71. The number of benzene rings is 2. The van der Waals surface area contributed by atoms with Crippen LogP contribution in [-0.4, -0.2) is 39.6 Å². The molecule has 1 unspecified atom stereocenters. The van der Waals surface area contributed by atoms with Gasteiger partial charge < -0.3 is 24.1 Å². The van der Waals surface area contributed by atoms with Crippen molar-refractivity contribution in [2.75, 3.05) is 28.4 Å². The van der Waals surface area contributed by atoms with Crippen molar-refractivity contribution in [2.45, 2.75) is 44.6 Å². The summed E-state index contributed by atoms with van der Waals surface area (Å²) >= 11 is 0. The van der Waals surface area contributed by atoms with E-state index < -0.39 is 0 Å². The number of hydrogen-bond acceptors (Lipinski definition) is 5. The molecule has 154 valence electrons. The minimum absolute atomic E-state index is 0.283. The maximum absolute atomic E-state index is 10.3. The molecule has 0 saturated carbocycles. The first-order chi connectivity index (χ1) is 13.6. The minimum atomic E-state index is -0.283. The van der Waals surface area contributed by atoms with E-state index >= 15 is 0 Å². The molecule has 0 aliphatic heterocycles. The summed E-state index contributed by atoms with van der Waals surface area (Å²) in [5.41, 5.74) is 2.31. The van der Waals surface area contributed by atoms with E-state index in [1.165, 1.54) is 5.56 Å². The Morgan fingerprint density at radius 3 is 2.04 bits per heavy atom. The van der Waals surface area contributed by atoms with Crippen molar-refractivity contribution < 1.29 is 24.1 Å². The van der Waals surface area contributed by atoms with Crippen LogP contribution < -0.4 is 18.9 Å². The number of methoxy groups -OCH3 is 4. The van der Waals surface area contributed by atoms with Crippen molar-refractivity contribution in [1.29, 1.82) is 0 Å². The summed E-state index contributed by atoms with van der Waals surface area (Å²) in [6.07, 6.45) is 4.96. The standard InChI is InChI=1S/C23H32O5/c1-25-20-14-10-17(11-15-20)9-13-19(24)8-6-5-7-18-12-16-21(26-2)23(28-4)22(18)27-3/h10-12,14-16,19,24H,5-9,13H2,1-4H3. The van der Waals surface area contributed by atoms with Gasteiger partial charge in [0.25, 0.3) is 0 Å². The molecule has 0 fully saturated rings. The van der Waals surface area contributed by atoms with Gasteiger partial charge in [-0.2, -0.15) is 0 Å². The quantitative estimate of drug-likeness (QED) is 0.545. The summed E-state index contributed by atoms with van der Waals surface area (Å²) in [6, 6.07) is 11.9. The fourth-order valence-electron chi connectivity index (χ4n) is 3.33. The van der Waals surface area contributed by atoms with Crippen molar-refractivity contribution >= 4 is 0 Å². The number of ether oxygens (including phenoxy) is 4. The molecule has 1 N–H and O–H groups in total. The van der Waals surface area contributed by atoms with Crippen LogP contribution in [0.1, 0.15) is 36.8 Å². The molecule has 0 spiro atoms. The third-order valence-electron chi connectivity index (χ3n) is 4.94. The van der Waals surface area contributed by atoms with E-state index in [2.05, 4.69) is 12.1 Å². The van der Waals surface area contributed by atoms with Gasteiger partial charge in [-0.05, 0) is 61.4 Å². The molecule has 28 heavy (non-hydrogen) atoms. The lowest BCUT2D eigenvalue weighted by molar-refractivity contribution is 0.151. The third kappa shape index (κ3) is 6.06. The molecular weight excluding hydrogens is 356 g/mol. The molecule has 2 aromatic carbocycles. The first-order valence-electron chi connectivity index (χ1n) is 9.71. The van der Waals surface area contributed by atoms with Gasteiger partial charge in [-0.15, -0.1) is 0 Å². The molecule has 0 radical (unpaired) electrons. The normalized spacial score (nSPS) is 11.8. The molecule has 2 rings (SSSR count). The second-order valence-electron chi connectivity index (χ2n) is 6.78. The fourth-order valence-corrected chi connectivity index (χ4v) is 3.33. The summed E-state index contributed by atoms with van der Waals surface area (Å²) in [7, 11) is 6.54. The van der Waals surface area contributed by atoms with Gasteiger partial charge in [0.2, 0.25) is 5.75 Å². The molecule has 0 aliphatic rings. The topological polar surface area (TPSA) is 57.2 Å². The molecule has 1 atom stereocenters. The average Bonchev–Trinajstić information content (AvgIpc) is 2.74. The maximum Gasteiger partial charge on any atom is 0.203 e. The molecule has 5 nitrogen and oxygen atoms in total. The molecular formula is C23H32O5. The van der Waals surface area contributed by atoms with Gasteiger partial charge in [-0.25, -0.2) is 0 Å². The second-order valence-corrected chi connectivity index (χ2v) is 6.78. The van der Waals surface area contributed by atoms with Crippen molar-refractivity contribution in [2.24, 2.45) is 0 Å². The van der Waals surface area contributed by atoms with Crippen LogP contribution in [0.3, 0.4) is 0 Å². The zero-order valence-corrected chi connectivity index (χ0v) is 17.4. The highest BCUT2D eigenvalue weighted by Crippen LogP contribution is 2.40. The van der Waals surface area contributed by atoms with Crippen LogP contribution >= 0.6 is 0 Å². The monoisotopic (exact) mass is 388 g/mol. The van der Waals surface area contributed by atoms with Gasteiger partial charge in [0.05, 0.1) is 34.5 Å². The predicted octanol–water partition coefficient (Wildman–Crippen LogP) is 4.43. The largest absolute Gasteiger partial charge is 0.497 e. The number of hydrogen-bond donors (Lipinski definition) is 1. The van der Waals surface area contributed by atoms with Crippen molar-refractivity contribution in [3.8, 4) is 23.0 Å². The molecule has 0 heterocycles. The SMILES string of the molecule is COc1ccc(CCC(O)CCCCc2ccc(OC)c(OC)c2OC)cc1. The molecule has 0 amide bonds. The van der Waals surface area contributed by atoms with E-state index in [9.17, 15) is 5.11 Å². The highest BCUT2D eigenvalue weighted by atomic mass is 16.5. The van der Waals surface area contributed by atoms with Crippen LogP contribution in [0.15, 0.2) is 36.4 Å². The molecule has 0 bridgehead atoms. The Bertz CT molecular complexity index is 712. The predicted molar refractivity (Wildman–Crippen MR) is 111 cm³/mol. The summed E-state index contributed by atoms with van der Waals surface area (Å²) in [5.74, 6) is 2.87. The smallest absolute Gasteiger partial charge is 0.203 e. The Morgan fingerprint density at radius 2 is 1.43 bits per heavy atom. The first kappa shape index (κ1) is 21.9. The summed E-state index contributed by atoms with van der Waals surface area (Å²) < 4.78 is 21.5. The van der Waals surface area contributed by atoms with E-state index in [0.29, 0.717) is 11.5 Å². The van der Waals surface area contributed by atoms with E-state index in [1.54, 1.807) is 28.4 Å². The van der Waals surface area contributed by atoms with E-state index in [4.69, 9.17) is 18.9 Å². The summed E-state index contributed by atoms with van der Waals surface area (Å²) in [6.45, 7) is 0. The number of aliphatic hydroxyl groups is 1. The van der Waals surface area contributed by atoms with Crippen molar-refractivity contribution in [3.63, 3.8) is 0 Å². The Hall–Kier alpha value is -2.40. The van der Waals surface area contributed by atoms with Crippen LogP contribution in [0.5, 0.6) is 23.0 Å². The molecule has 5 heteroatoms. The van der Waals surface area contributed by atoms with Gasteiger partial charge in [-0.1, -0.05) is 24.6 Å². The fraction of sp³-hybridized carbons (Fsp3) is 0.478. The van der Waals surface area contributed by atoms with Crippen LogP contribution in [0, 0.1) is 0 Å². The Balaban J connectivity index is 1.77. The maximum atomic E-state index is 10.3. The Labute approximate surface area is 168 Å². The number of rotatable bonds is 12. The van der Waals surface area contributed by atoms with E-state index in [0.717, 1.165) is 55.6 Å². The van der Waals surface area contributed by atoms with Crippen LogP contribution in [0.4, 0.5) is 0 Å². The lowest BCUT2D eigenvalue weighted by Crippen LogP contribution is -2.08. The van der Waals surface area contributed by atoms with Gasteiger partial charge in [0, 0.05) is 0 Å². The Kier molecular flexibility index (Phi) is 8.95. The number of aliphatic hydroxyl groups excluding tert-OH is 1. The zero-order valence-electron chi connectivity index (χ0n) is 17.4. The molecule has 0 aliphatic carbocycles. The van der Waals surface area contributed by atoms with E-state index in [-0.39, 0.29) is 6.10 Å². The highest BCUT2D eigenvalue weighted by Gasteiger charge is 2.15. The highest BCUT2D eigenvalue weighted by molar-refractivity contribution is 5.55. The van der Waals surface area contributed by atoms with Gasteiger partial charge in [0.1, 0.15) is 5.75 Å². The molecule has 2 aromatic rings. The zero-order chi connectivity index (χ0) is 20.4. The lowest BCUT2D eigenvalue weighted by Gasteiger charge is -2.16. The summed E-state index contributed by atoms with van der Waals surface area (Å²) in [5, 5.41) is 10.3. The second kappa shape index (κ2) is 11.4.